The van der Waals surface area contributed by atoms with Crippen molar-refractivity contribution in [3.63, 3.8) is 0 Å². The number of phenols is 1. The first kappa shape index (κ1) is 26.1. The highest BCUT2D eigenvalue weighted by Crippen LogP contribution is 2.29. The van der Waals surface area contributed by atoms with E-state index in [1.165, 1.54) is 50.2 Å². The monoisotopic (exact) mass is 470 g/mol. The van der Waals surface area contributed by atoms with Crippen molar-refractivity contribution < 1.29 is 43.2 Å². The summed E-state index contributed by atoms with van der Waals surface area (Å²) in [6.45, 7) is 9.34. The van der Waals surface area contributed by atoms with Crippen molar-refractivity contribution in [2.24, 2.45) is 5.41 Å². The van der Waals surface area contributed by atoms with Crippen molar-refractivity contribution in [1.82, 2.24) is 0 Å². The van der Waals surface area contributed by atoms with Gasteiger partial charge in [-0.3, -0.25) is 9.59 Å². The molecule has 180 valence electrons. The lowest BCUT2D eigenvalue weighted by molar-refractivity contribution is -0.145. The number of Topliss-reactive ketones (excluding diaryl/α,β-unsaturated/α-hetero) is 1. The van der Waals surface area contributed by atoms with E-state index in [0.29, 0.717) is 0 Å². The Morgan fingerprint density at radius 3 is 2.12 bits per heavy atom. The normalized spacial score (nSPS) is 10.7. The average Bonchev–Trinajstić information content (AvgIpc) is 2.78. The van der Waals surface area contributed by atoms with Crippen molar-refractivity contribution >= 4 is 23.7 Å². The van der Waals surface area contributed by atoms with Crippen LogP contribution in [0.4, 0.5) is 0 Å². The summed E-state index contributed by atoms with van der Waals surface area (Å²) in [6.07, 6.45) is 0. The molecule has 0 heterocycles. The fourth-order valence-electron chi connectivity index (χ4n) is 2.58. The molecule has 2 aromatic rings. The summed E-state index contributed by atoms with van der Waals surface area (Å²) >= 11 is 0. The molecule has 2 rings (SSSR count). The second-order valence-corrected chi connectivity index (χ2v) is 8.12. The molecule has 0 bridgehead atoms. The third-order valence-electron chi connectivity index (χ3n) is 4.61. The summed E-state index contributed by atoms with van der Waals surface area (Å²) in [5.41, 5.74) is -0.947. The molecule has 0 saturated heterocycles. The quantitative estimate of drug-likeness (QED) is 0.251. The standard InChI is InChI=1S/C25H26O9/c1-14(2)22(28)33-16-8-10-21(18(11-16)15(3)26)32-13-25(4,5)24(30)34-17-7-9-20(27)19(12-17)23(29)31-6/h7-12,27H,1,13H2,2-6H3. The number of ketones is 1. The zero-order chi connectivity index (χ0) is 25.6. The van der Waals surface area contributed by atoms with Gasteiger partial charge in [-0.15, -0.1) is 0 Å². The number of carbonyl (C=O) groups excluding carboxylic acids is 4. The molecule has 0 saturated carbocycles. The van der Waals surface area contributed by atoms with Gasteiger partial charge in [-0.2, -0.15) is 0 Å². The van der Waals surface area contributed by atoms with Gasteiger partial charge in [0.05, 0.1) is 18.1 Å². The second kappa shape index (κ2) is 10.7. The molecule has 9 heteroatoms. The van der Waals surface area contributed by atoms with E-state index in [0.717, 1.165) is 7.11 Å². The Morgan fingerprint density at radius 1 is 0.941 bits per heavy atom. The van der Waals surface area contributed by atoms with Crippen LogP contribution in [0.2, 0.25) is 0 Å². The van der Waals surface area contributed by atoms with Crippen LogP contribution < -0.4 is 14.2 Å². The van der Waals surface area contributed by atoms with Gasteiger partial charge < -0.3 is 24.1 Å². The lowest BCUT2D eigenvalue weighted by atomic mass is 9.95. The van der Waals surface area contributed by atoms with Crippen LogP contribution in [0.15, 0.2) is 48.6 Å². The number of phenolic OH excluding ortho intramolecular Hbond substituents is 1. The summed E-state index contributed by atoms with van der Waals surface area (Å²) in [4.78, 5) is 48.3. The molecule has 0 aliphatic heterocycles. The first-order valence-corrected chi connectivity index (χ1v) is 10.1. The molecule has 0 unspecified atom stereocenters. The SMILES string of the molecule is C=C(C)C(=O)Oc1ccc(OCC(C)(C)C(=O)Oc2ccc(O)c(C(=O)OC)c2)c(C(C)=O)c1. The van der Waals surface area contributed by atoms with E-state index in [4.69, 9.17) is 14.2 Å². The number of carbonyl (C=O) groups is 4. The van der Waals surface area contributed by atoms with Crippen LogP contribution in [0.25, 0.3) is 0 Å². The third-order valence-corrected chi connectivity index (χ3v) is 4.61. The van der Waals surface area contributed by atoms with Crippen molar-refractivity contribution in [2.45, 2.75) is 27.7 Å². The maximum absolute atomic E-state index is 12.7. The Hall–Kier alpha value is -4.14. The molecule has 0 spiro atoms. The minimum Gasteiger partial charge on any atom is -0.507 e. The molecule has 0 atom stereocenters. The van der Waals surface area contributed by atoms with Crippen LogP contribution in [0, 0.1) is 5.41 Å². The molecule has 0 aliphatic rings. The number of ether oxygens (including phenoxy) is 4. The van der Waals surface area contributed by atoms with Crippen LogP contribution in [-0.4, -0.2) is 42.5 Å². The van der Waals surface area contributed by atoms with Gasteiger partial charge in [0.1, 0.15) is 35.2 Å². The van der Waals surface area contributed by atoms with Gasteiger partial charge in [0.15, 0.2) is 5.78 Å². The minimum absolute atomic E-state index is 0.0318. The number of methoxy groups -OCH3 is 1. The Morgan fingerprint density at radius 2 is 1.53 bits per heavy atom. The van der Waals surface area contributed by atoms with E-state index >= 15 is 0 Å². The van der Waals surface area contributed by atoms with Crippen LogP contribution in [0.5, 0.6) is 23.0 Å². The van der Waals surface area contributed by atoms with Crippen LogP contribution >= 0.6 is 0 Å². The van der Waals surface area contributed by atoms with Crippen LogP contribution in [0.3, 0.4) is 0 Å². The molecule has 0 aromatic heterocycles. The van der Waals surface area contributed by atoms with Gasteiger partial charge in [0.2, 0.25) is 0 Å². The minimum atomic E-state index is -1.16. The lowest BCUT2D eigenvalue weighted by Gasteiger charge is -2.23. The smallest absolute Gasteiger partial charge is 0.341 e. The van der Waals surface area contributed by atoms with E-state index in [1.54, 1.807) is 13.8 Å². The summed E-state index contributed by atoms with van der Waals surface area (Å²) in [5.74, 6) is -2.36. The van der Waals surface area contributed by atoms with Gasteiger partial charge in [-0.1, -0.05) is 6.58 Å². The largest absolute Gasteiger partial charge is 0.507 e. The maximum Gasteiger partial charge on any atom is 0.341 e. The van der Waals surface area contributed by atoms with Crippen molar-refractivity contribution in [1.29, 1.82) is 0 Å². The Balaban J connectivity index is 2.15. The van der Waals surface area contributed by atoms with Gasteiger partial charge in [-0.25, -0.2) is 9.59 Å². The number of aromatic hydroxyl groups is 1. The Bertz CT molecular complexity index is 1150. The zero-order valence-corrected chi connectivity index (χ0v) is 19.6. The van der Waals surface area contributed by atoms with Gasteiger partial charge in [0, 0.05) is 5.57 Å². The maximum atomic E-state index is 12.7. The molecule has 0 radical (unpaired) electrons. The topological polar surface area (TPSA) is 125 Å². The summed E-state index contributed by atoms with van der Waals surface area (Å²) in [6, 6.07) is 8.01. The highest BCUT2D eigenvalue weighted by atomic mass is 16.5. The molecular formula is C25H26O9. The van der Waals surface area contributed by atoms with Crippen LogP contribution in [-0.2, 0) is 14.3 Å². The zero-order valence-electron chi connectivity index (χ0n) is 19.6. The first-order chi connectivity index (χ1) is 15.9. The highest BCUT2D eigenvalue weighted by molar-refractivity contribution is 5.97. The third kappa shape index (κ3) is 6.44. The number of benzene rings is 2. The van der Waals surface area contributed by atoms with E-state index < -0.39 is 23.3 Å². The summed E-state index contributed by atoms with van der Waals surface area (Å²) in [7, 11) is 1.16. The number of esters is 3. The molecule has 0 aliphatic carbocycles. The summed E-state index contributed by atoms with van der Waals surface area (Å²) < 4.78 is 20.8. The molecule has 0 amide bonds. The number of hydrogen-bond donors (Lipinski definition) is 1. The van der Waals surface area contributed by atoms with E-state index in [-0.39, 0.29) is 52.1 Å². The van der Waals surface area contributed by atoms with Crippen molar-refractivity contribution in [2.75, 3.05) is 13.7 Å². The predicted molar refractivity (Wildman–Crippen MR) is 121 cm³/mol. The lowest BCUT2D eigenvalue weighted by Crippen LogP contribution is -2.35. The predicted octanol–water partition coefficient (Wildman–Crippen LogP) is 3.87. The van der Waals surface area contributed by atoms with Gasteiger partial charge >= 0.3 is 17.9 Å². The molecule has 34 heavy (non-hydrogen) atoms. The summed E-state index contributed by atoms with van der Waals surface area (Å²) in [5, 5.41) is 9.79. The fraction of sp³-hybridized carbons (Fsp3) is 0.280. The molecule has 2 aromatic carbocycles. The molecule has 9 nitrogen and oxygen atoms in total. The van der Waals surface area contributed by atoms with Crippen molar-refractivity contribution in [3.8, 4) is 23.0 Å². The number of hydrogen-bond acceptors (Lipinski definition) is 9. The van der Waals surface area contributed by atoms with Crippen LogP contribution in [0.1, 0.15) is 48.4 Å². The molecular weight excluding hydrogens is 444 g/mol. The van der Waals surface area contributed by atoms with E-state index in [1.807, 2.05) is 0 Å². The van der Waals surface area contributed by atoms with E-state index in [9.17, 15) is 24.3 Å². The van der Waals surface area contributed by atoms with Gasteiger partial charge in [-0.05, 0) is 64.1 Å². The Labute approximate surface area is 196 Å². The van der Waals surface area contributed by atoms with Crippen molar-refractivity contribution in [3.05, 3.63) is 59.7 Å². The second-order valence-electron chi connectivity index (χ2n) is 8.12. The highest BCUT2D eigenvalue weighted by Gasteiger charge is 2.32. The van der Waals surface area contributed by atoms with E-state index in [2.05, 4.69) is 11.3 Å². The molecule has 1 N–H and O–H groups in total. The average molecular weight is 470 g/mol. The van der Waals surface area contributed by atoms with Gasteiger partial charge in [0.25, 0.3) is 0 Å². The fourth-order valence-corrected chi connectivity index (χ4v) is 2.58. The number of rotatable bonds is 9. The first-order valence-electron chi connectivity index (χ1n) is 10.1. The Kier molecular flexibility index (Phi) is 8.18. The molecule has 0 fully saturated rings.